The quantitative estimate of drug-likeness (QED) is 0.832. The van der Waals surface area contributed by atoms with Crippen LogP contribution < -0.4 is 5.32 Å². The summed E-state index contributed by atoms with van der Waals surface area (Å²) in [5, 5.41) is 3.38. The summed E-state index contributed by atoms with van der Waals surface area (Å²) in [6.07, 6.45) is 3.67. The number of pyridine rings is 1. The zero-order chi connectivity index (χ0) is 12.8. The molecule has 0 aliphatic rings. The van der Waals surface area contributed by atoms with Gasteiger partial charge in [0.1, 0.15) is 0 Å². The number of nitrogens with zero attached hydrogens (tertiary/aromatic N) is 1. The van der Waals surface area contributed by atoms with Gasteiger partial charge in [0.05, 0.1) is 0 Å². The minimum absolute atomic E-state index is 0.378. The number of hydrogen-bond acceptors (Lipinski definition) is 3. The molecule has 0 saturated carbocycles. The van der Waals surface area contributed by atoms with Gasteiger partial charge in [-0.2, -0.15) is 0 Å². The summed E-state index contributed by atoms with van der Waals surface area (Å²) >= 11 is 1.85. The van der Waals surface area contributed by atoms with Gasteiger partial charge in [-0.1, -0.05) is 29.8 Å². The summed E-state index contributed by atoms with van der Waals surface area (Å²) in [6.45, 7) is 2.13. The van der Waals surface area contributed by atoms with Crippen LogP contribution in [0.1, 0.15) is 17.2 Å². The minimum atomic E-state index is 0.378. The van der Waals surface area contributed by atoms with Crippen molar-refractivity contribution in [3.63, 3.8) is 0 Å². The van der Waals surface area contributed by atoms with Gasteiger partial charge < -0.3 is 5.32 Å². The SMILES string of the molecule is CNC(CSc1ccncc1)c1cccc(C)c1. The van der Waals surface area contributed by atoms with Crippen molar-refractivity contribution < 1.29 is 0 Å². The number of rotatable bonds is 5. The number of thioether (sulfide) groups is 1. The molecule has 0 spiro atoms. The first-order chi connectivity index (χ1) is 8.79. The molecule has 0 amide bonds. The van der Waals surface area contributed by atoms with Crippen molar-refractivity contribution in [3.05, 3.63) is 59.9 Å². The lowest BCUT2D eigenvalue weighted by molar-refractivity contribution is 0.661. The number of aryl methyl sites for hydroxylation is 1. The van der Waals surface area contributed by atoms with Crippen LogP contribution in [0.15, 0.2) is 53.7 Å². The number of benzene rings is 1. The van der Waals surface area contributed by atoms with E-state index < -0.39 is 0 Å². The Hall–Kier alpha value is -1.32. The number of nitrogens with one attached hydrogen (secondary N) is 1. The summed E-state index contributed by atoms with van der Waals surface area (Å²) in [4.78, 5) is 5.30. The van der Waals surface area contributed by atoms with E-state index in [0.717, 1.165) is 5.75 Å². The zero-order valence-corrected chi connectivity index (χ0v) is 11.6. The van der Waals surface area contributed by atoms with E-state index in [4.69, 9.17) is 0 Å². The van der Waals surface area contributed by atoms with E-state index in [2.05, 4.69) is 41.5 Å². The van der Waals surface area contributed by atoms with E-state index in [9.17, 15) is 0 Å². The summed E-state index contributed by atoms with van der Waals surface area (Å²) in [6, 6.07) is 13.2. The van der Waals surface area contributed by atoms with Crippen LogP contribution in [0, 0.1) is 6.92 Å². The highest BCUT2D eigenvalue weighted by Gasteiger charge is 2.09. The summed E-state index contributed by atoms with van der Waals surface area (Å²) in [5.74, 6) is 1.02. The molecule has 2 nitrogen and oxygen atoms in total. The third-order valence-corrected chi connectivity index (χ3v) is 3.96. The molecule has 2 rings (SSSR count). The van der Waals surface area contributed by atoms with Crippen LogP contribution >= 0.6 is 11.8 Å². The van der Waals surface area contributed by atoms with E-state index >= 15 is 0 Å². The second-order valence-corrected chi connectivity index (χ2v) is 5.34. The Morgan fingerprint density at radius 3 is 2.67 bits per heavy atom. The zero-order valence-electron chi connectivity index (χ0n) is 10.8. The molecule has 1 heterocycles. The monoisotopic (exact) mass is 258 g/mol. The van der Waals surface area contributed by atoms with Crippen LogP contribution in [-0.2, 0) is 0 Å². The first-order valence-electron chi connectivity index (χ1n) is 6.06. The smallest absolute Gasteiger partial charge is 0.0413 e. The molecule has 0 saturated heterocycles. The number of aromatic nitrogens is 1. The average Bonchev–Trinajstić information content (AvgIpc) is 2.41. The maximum atomic E-state index is 4.03. The third-order valence-electron chi connectivity index (χ3n) is 2.86. The fraction of sp³-hybridized carbons (Fsp3) is 0.267. The van der Waals surface area contributed by atoms with Gasteiger partial charge in [0.2, 0.25) is 0 Å². The van der Waals surface area contributed by atoms with E-state index in [1.165, 1.54) is 16.0 Å². The lowest BCUT2D eigenvalue weighted by atomic mass is 10.1. The molecule has 3 heteroatoms. The first kappa shape index (κ1) is 13.1. The van der Waals surface area contributed by atoms with Crippen molar-refractivity contribution >= 4 is 11.8 Å². The molecule has 1 N–H and O–H groups in total. The lowest BCUT2D eigenvalue weighted by Crippen LogP contribution is -2.18. The van der Waals surface area contributed by atoms with Crippen molar-refractivity contribution in [1.82, 2.24) is 10.3 Å². The maximum absolute atomic E-state index is 4.03. The Kier molecular flexibility index (Phi) is 4.79. The normalized spacial score (nSPS) is 12.3. The van der Waals surface area contributed by atoms with Gasteiger partial charge in [0, 0.05) is 29.1 Å². The van der Waals surface area contributed by atoms with Crippen LogP contribution in [0.5, 0.6) is 0 Å². The van der Waals surface area contributed by atoms with Crippen LogP contribution in [-0.4, -0.2) is 17.8 Å². The predicted molar refractivity (Wildman–Crippen MR) is 77.9 cm³/mol. The van der Waals surface area contributed by atoms with Crippen LogP contribution in [0.3, 0.4) is 0 Å². The Morgan fingerprint density at radius 2 is 2.00 bits per heavy atom. The topological polar surface area (TPSA) is 24.9 Å². The Balaban J connectivity index is 2.02. The molecule has 94 valence electrons. The summed E-state index contributed by atoms with van der Waals surface area (Å²) in [7, 11) is 2.01. The van der Waals surface area contributed by atoms with Gasteiger partial charge >= 0.3 is 0 Å². The van der Waals surface area contributed by atoms with Crippen molar-refractivity contribution in [3.8, 4) is 0 Å². The molecular weight excluding hydrogens is 240 g/mol. The van der Waals surface area contributed by atoms with Crippen LogP contribution in [0.25, 0.3) is 0 Å². The van der Waals surface area contributed by atoms with E-state index in [0.29, 0.717) is 6.04 Å². The van der Waals surface area contributed by atoms with Crippen molar-refractivity contribution in [2.24, 2.45) is 0 Å². The highest BCUT2D eigenvalue weighted by molar-refractivity contribution is 7.99. The minimum Gasteiger partial charge on any atom is -0.312 e. The standard InChI is InChI=1S/C15H18N2S/c1-12-4-3-5-13(10-12)15(16-2)11-18-14-6-8-17-9-7-14/h3-10,15-16H,11H2,1-2H3. The Bertz CT molecular complexity index is 485. The maximum Gasteiger partial charge on any atom is 0.0413 e. The third kappa shape index (κ3) is 3.59. The highest BCUT2D eigenvalue weighted by atomic mass is 32.2. The lowest BCUT2D eigenvalue weighted by Gasteiger charge is -2.16. The second kappa shape index (κ2) is 6.57. The van der Waals surface area contributed by atoms with E-state index in [1.807, 2.05) is 43.3 Å². The molecule has 0 fully saturated rings. The fourth-order valence-corrected chi connectivity index (χ4v) is 2.88. The molecule has 0 aliphatic carbocycles. The van der Waals surface area contributed by atoms with E-state index in [-0.39, 0.29) is 0 Å². The Morgan fingerprint density at radius 1 is 1.22 bits per heavy atom. The average molecular weight is 258 g/mol. The molecule has 1 atom stereocenters. The van der Waals surface area contributed by atoms with Crippen LogP contribution in [0.2, 0.25) is 0 Å². The molecule has 18 heavy (non-hydrogen) atoms. The number of hydrogen-bond donors (Lipinski definition) is 1. The molecule has 0 radical (unpaired) electrons. The molecular formula is C15H18N2S. The largest absolute Gasteiger partial charge is 0.312 e. The van der Waals surface area contributed by atoms with Gasteiger partial charge in [-0.15, -0.1) is 11.8 Å². The first-order valence-corrected chi connectivity index (χ1v) is 7.05. The molecule has 1 aromatic heterocycles. The molecule has 2 aromatic rings. The van der Waals surface area contributed by atoms with Crippen molar-refractivity contribution in [1.29, 1.82) is 0 Å². The van der Waals surface area contributed by atoms with Gasteiger partial charge in [-0.05, 0) is 31.7 Å². The highest BCUT2D eigenvalue weighted by Crippen LogP contribution is 2.24. The molecule has 0 bridgehead atoms. The molecule has 0 aliphatic heterocycles. The van der Waals surface area contributed by atoms with E-state index in [1.54, 1.807) is 0 Å². The molecule has 1 aromatic carbocycles. The van der Waals surface area contributed by atoms with Gasteiger partial charge in [0.15, 0.2) is 0 Å². The fourth-order valence-electron chi connectivity index (χ4n) is 1.85. The summed E-state index contributed by atoms with van der Waals surface area (Å²) in [5.41, 5.74) is 2.65. The van der Waals surface area contributed by atoms with Crippen molar-refractivity contribution in [2.75, 3.05) is 12.8 Å². The van der Waals surface area contributed by atoms with Gasteiger partial charge in [0.25, 0.3) is 0 Å². The van der Waals surface area contributed by atoms with Crippen LogP contribution in [0.4, 0.5) is 0 Å². The van der Waals surface area contributed by atoms with Gasteiger partial charge in [-0.3, -0.25) is 4.98 Å². The summed E-state index contributed by atoms with van der Waals surface area (Å²) < 4.78 is 0. The predicted octanol–water partition coefficient (Wildman–Crippen LogP) is 3.44. The van der Waals surface area contributed by atoms with Crippen molar-refractivity contribution in [2.45, 2.75) is 17.9 Å². The Labute approximate surface area is 113 Å². The van der Waals surface area contributed by atoms with Gasteiger partial charge in [-0.25, -0.2) is 0 Å². The second-order valence-electron chi connectivity index (χ2n) is 4.25. The molecule has 1 unspecified atom stereocenters.